The molecular weight excluding hydrogens is 508 g/mol. The zero-order chi connectivity index (χ0) is 27.9. The molecule has 0 saturated carbocycles. The lowest BCUT2D eigenvalue weighted by Gasteiger charge is -2.40. The number of hydrogen-bond donors (Lipinski definition) is 1. The second-order valence-corrected chi connectivity index (χ2v) is 11.0. The van der Waals surface area contributed by atoms with E-state index < -0.39 is 23.3 Å². The van der Waals surface area contributed by atoms with Crippen molar-refractivity contribution >= 4 is 29.3 Å². The van der Waals surface area contributed by atoms with Crippen molar-refractivity contribution < 1.29 is 23.1 Å². The summed E-state index contributed by atoms with van der Waals surface area (Å²) in [7, 11) is 0. The van der Waals surface area contributed by atoms with E-state index in [2.05, 4.69) is 10.4 Å². The SMILES string of the molecule is CC1CN(C(=O)Nc2cnn3ccc(N4CCCC4c4cc(F)ccc4F)nc23)CCN1C(=O)OC(C)(C)C. The third-order valence-electron chi connectivity index (χ3n) is 7.00. The van der Waals surface area contributed by atoms with Gasteiger partial charge in [0.2, 0.25) is 0 Å². The number of carbonyl (C=O) groups excluding carboxylic acids is 2. The molecule has 2 aliphatic rings. The van der Waals surface area contributed by atoms with Gasteiger partial charge in [0.1, 0.15) is 28.7 Å². The van der Waals surface area contributed by atoms with E-state index in [-0.39, 0.29) is 18.1 Å². The van der Waals surface area contributed by atoms with Gasteiger partial charge in [0.25, 0.3) is 0 Å². The molecule has 0 spiro atoms. The minimum Gasteiger partial charge on any atom is -0.444 e. The third kappa shape index (κ3) is 5.59. The zero-order valence-electron chi connectivity index (χ0n) is 22.5. The molecule has 4 heterocycles. The highest BCUT2D eigenvalue weighted by atomic mass is 19.1. The third-order valence-corrected chi connectivity index (χ3v) is 7.00. The van der Waals surface area contributed by atoms with Crippen LogP contribution in [0.5, 0.6) is 0 Å². The van der Waals surface area contributed by atoms with Crippen molar-refractivity contribution in [2.45, 2.75) is 58.2 Å². The average Bonchev–Trinajstić information content (AvgIpc) is 3.51. The first-order valence-electron chi connectivity index (χ1n) is 13.1. The number of halogens is 2. The lowest BCUT2D eigenvalue weighted by Crippen LogP contribution is -2.57. The molecule has 0 radical (unpaired) electrons. The van der Waals surface area contributed by atoms with Crippen LogP contribution in [0.3, 0.4) is 0 Å². The van der Waals surface area contributed by atoms with E-state index in [1.54, 1.807) is 26.6 Å². The second-order valence-electron chi connectivity index (χ2n) is 11.0. The van der Waals surface area contributed by atoms with Gasteiger partial charge in [-0.25, -0.2) is 27.9 Å². The molecule has 3 aromatic rings. The molecule has 12 heteroatoms. The number of aromatic nitrogens is 3. The second kappa shape index (κ2) is 10.3. The number of rotatable bonds is 3. The molecule has 3 amide bonds. The Morgan fingerprint density at radius 1 is 1.13 bits per heavy atom. The summed E-state index contributed by atoms with van der Waals surface area (Å²) >= 11 is 0. The fourth-order valence-electron chi connectivity index (χ4n) is 5.17. The van der Waals surface area contributed by atoms with Gasteiger partial charge in [0, 0.05) is 44.0 Å². The predicted molar refractivity (Wildman–Crippen MR) is 142 cm³/mol. The van der Waals surface area contributed by atoms with E-state index in [0.29, 0.717) is 55.3 Å². The Balaban J connectivity index is 1.30. The van der Waals surface area contributed by atoms with Crippen molar-refractivity contribution in [1.82, 2.24) is 24.4 Å². The number of hydrogen-bond acceptors (Lipinski definition) is 6. The van der Waals surface area contributed by atoms with E-state index in [1.165, 1.54) is 12.3 Å². The van der Waals surface area contributed by atoms with Crippen LogP contribution >= 0.6 is 0 Å². The van der Waals surface area contributed by atoms with Gasteiger partial charge in [-0.05, 0) is 64.8 Å². The number of nitrogens with zero attached hydrogens (tertiary/aromatic N) is 6. The molecular formula is C27H33F2N7O3. The minimum absolute atomic E-state index is 0.219. The molecule has 208 valence electrons. The Bertz CT molecular complexity index is 1390. The predicted octanol–water partition coefficient (Wildman–Crippen LogP) is 4.82. The lowest BCUT2D eigenvalue weighted by atomic mass is 10.0. The Kier molecular flexibility index (Phi) is 7.04. The maximum absolute atomic E-state index is 14.6. The lowest BCUT2D eigenvalue weighted by molar-refractivity contribution is 0.00589. The van der Waals surface area contributed by atoms with Gasteiger partial charge in [-0.15, -0.1) is 0 Å². The summed E-state index contributed by atoms with van der Waals surface area (Å²) in [6.07, 6.45) is 4.34. The number of nitrogens with one attached hydrogen (secondary N) is 1. The Morgan fingerprint density at radius 2 is 1.92 bits per heavy atom. The fourth-order valence-corrected chi connectivity index (χ4v) is 5.17. The summed E-state index contributed by atoms with van der Waals surface area (Å²) in [5, 5.41) is 7.19. The van der Waals surface area contributed by atoms with Crippen LogP contribution in [0.25, 0.3) is 5.65 Å². The fraction of sp³-hybridized carbons (Fsp3) is 0.481. The molecule has 1 aromatic carbocycles. The van der Waals surface area contributed by atoms with E-state index in [4.69, 9.17) is 9.72 Å². The topological polar surface area (TPSA) is 95.3 Å². The van der Waals surface area contributed by atoms with Crippen LogP contribution < -0.4 is 10.2 Å². The first-order valence-corrected chi connectivity index (χ1v) is 13.1. The van der Waals surface area contributed by atoms with E-state index in [9.17, 15) is 18.4 Å². The summed E-state index contributed by atoms with van der Waals surface area (Å²) in [5.41, 5.74) is 0.570. The number of urea groups is 1. The molecule has 1 N–H and O–H groups in total. The van der Waals surface area contributed by atoms with Gasteiger partial charge in [0.15, 0.2) is 5.65 Å². The van der Waals surface area contributed by atoms with Crippen LogP contribution in [0.1, 0.15) is 52.1 Å². The molecule has 2 atom stereocenters. The molecule has 2 aromatic heterocycles. The van der Waals surface area contributed by atoms with Gasteiger partial charge in [-0.3, -0.25) is 0 Å². The molecule has 2 aliphatic heterocycles. The summed E-state index contributed by atoms with van der Waals surface area (Å²) in [5.74, 6) is -0.347. The molecule has 2 unspecified atom stereocenters. The number of benzene rings is 1. The Hall–Kier alpha value is -3.96. The number of anilines is 2. The van der Waals surface area contributed by atoms with E-state index in [0.717, 1.165) is 18.6 Å². The maximum atomic E-state index is 14.6. The van der Waals surface area contributed by atoms with Crippen molar-refractivity contribution in [2.75, 3.05) is 36.4 Å². The van der Waals surface area contributed by atoms with Crippen molar-refractivity contribution in [1.29, 1.82) is 0 Å². The molecule has 0 bridgehead atoms. The van der Waals surface area contributed by atoms with Crippen LogP contribution in [-0.2, 0) is 4.74 Å². The maximum Gasteiger partial charge on any atom is 0.410 e. The normalized spacial score (nSPS) is 20.0. The molecule has 0 aliphatic carbocycles. The quantitative estimate of drug-likeness (QED) is 0.511. The van der Waals surface area contributed by atoms with Crippen molar-refractivity contribution in [3.05, 3.63) is 53.9 Å². The Labute approximate surface area is 225 Å². The summed E-state index contributed by atoms with van der Waals surface area (Å²) in [6, 6.07) is 4.39. The van der Waals surface area contributed by atoms with Gasteiger partial charge in [0.05, 0.1) is 12.2 Å². The van der Waals surface area contributed by atoms with Crippen LogP contribution in [0.15, 0.2) is 36.7 Å². The van der Waals surface area contributed by atoms with Crippen molar-refractivity contribution in [3.63, 3.8) is 0 Å². The Morgan fingerprint density at radius 3 is 2.67 bits per heavy atom. The smallest absolute Gasteiger partial charge is 0.410 e. The van der Waals surface area contributed by atoms with Gasteiger partial charge < -0.3 is 24.8 Å². The highest BCUT2D eigenvalue weighted by Gasteiger charge is 2.33. The number of ether oxygens (including phenoxy) is 1. The monoisotopic (exact) mass is 541 g/mol. The summed E-state index contributed by atoms with van der Waals surface area (Å²) in [6.45, 7) is 9.02. The van der Waals surface area contributed by atoms with Crippen molar-refractivity contribution in [3.8, 4) is 0 Å². The number of fused-ring (bicyclic) bond motifs is 1. The highest BCUT2D eigenvalue weighted by Crippen LogP contribution is 2.37. The van der Waals surface area contributed by atoms with Gasteiger partial charge in [-0.2, -0.15) is 5.10 Å². The number of piperazine rings is 1. The van der Waals surface area contributed by atoms with Gasteiger partial charge in [-0.1, -0.05) is 0 Å². The first-order chi connectivity index (χ1) is 18.5. The number of amides is 3. The van der Waals surface area contributed by atoms with E-state index >= 15 is 0 Å². The van der Waals surface area contributed by atoms with Gasteiger partial charge >= 0.3 is 12.1 Å². The zero-order valence-corrected chi connectivity index (χ0v) is 22.5. The minimum atomic E-state index is -0.596. The first kappa shape index (κ1) is 26.6. The van der Waals surface area contributed by atoms with Crippen LogP contribution in [0.4, 0.5) is 29.9 Å². The molecule has 39 heavy (non-hydrogen) atoms. The largest absolute Gasteiger partial charge is 0.444 e. The molecule has 10 nitrogen and oxygen atoms in total. The highest BCUT2D eigenvalue weighted by molar-refractivity contribution is 5.93. The standard InChI is InChI=1S/C27H33F2N7O3/c1-17-16-33(12-13-34(17)26(38)39-27(2,3)4)25(37)31-21-15-30-36-11-9-23(32-24(21)36)35-10-5-6-22(35)19-14-18(28)7-8-20(19)29/h7-9,11,14-15,17,22H,5-6,10,12-13,16H2,1-4H3,(H,31,37). The summed E-state index contributed by atoms with van der Waals surface area (Å²) in [4.78, 5) is 35.6. The number of carbonyl (C=O) groups is 2. The average molecular weight is 542 g/mol. The van der Waals surface area contributed by atoms with Crippen LogP contribution in [0.2, 0.25) is 0 Å². The van der Waals surface area contributed by atoms with Crippen LogP contribution in [-0.4, -0.2) is 74.3 Å². The van der Waals surface area contributed by atoms with Crippen molar-refractivity contribution in [2.24, 2.45) is 0 Å². The molecule has 2 fully saturated rings. The van der Waals surface area contributed by atoms with E-state index in [1.807, 2.05) is 32.6 Å². The van der Waals surface area contributed by atoms with Crippen LogP contribution in [0, 0.1) is 11.6 Å². The summed E-state index contributed by atoms with van der Waals surface area (Å²) < 4.78 is 35.5. The molecule has 5 rings (SSSR count). The molecule has 2 saturated heterocycles.